The molecule has 0 saturated carbocycles. The van der Waals surface area contributed by atoms with Gasteiger partial charge in [-0.2, -0.15) is 0 Å². The summed E-state index contributed by atoms with van der Waals surface area (Å²) in [6.07, 6.45) is 0. The zero-order valence-corrected chi connectivity index (χ0v) is 17.5. The Bertz CT molecular complexity index is 944. The van der Waals surface area contributed by atoms with Gasteiger partial charge in [-0.1, -0.05) is 29.8 Å². The molecule has 0 radical (unpaired) electrons. The lowest BCUT2D eigenvalue weighted by atomic mass is 10.1. The molecule has 0 unspecified atom stereocenters. The SMILES string of the molecule is C[C@@H](NC(=O)c1ccccc1Cl)C(=O)N1CCN(Cc2ccc3c(c2)OCO3)CC1. The average molecular weight is 430 g/mol. The molecule has 0 aliphatic carbocycles. The standard InChI is InChI=1S/C22H24ClN3O4/c1-15(24-21(27)17-4-2-3-5-18(17)23)22(28)26-10-8-25(9-11-26)13-16-6-7-19-20(12-16)30-14-29-19/h2-7,12,15H,8-11,13-14H2,1H3,(H,24,27)/t15-/m1/s1. The van der Waals surface area contributed by atoms with Crippen LogP contribution >= 0.6 is 11.6 Å². The minimum absolute atomic E-state index is 0.0851. The summed E-state index contributed by atoms with van der Waals surface area (Å²) >= 11 is 6.07. The van der Waals surface area contributed by atoms with Crippen LogP contribution < -0.4 is 14.8 Å². The van der Waals surface area contributed by atoms with Crippen molar-refractivity contribution in [2.24, 2.45) is 0 Å². The van der Waals surface area contributed by atoms with Gasteiger partial charge in [0.25, 0.3) is 5.91 Å². The van der Waals surface area contributed by atoms with E-state index in [0.717, 1.165) is 36.7 Å². The van der Waals surface area contributed by atoms with E-state index in [1.54, 1.807) is 36.1 Å². The van der Waals surface area contributed by atoms with E-state index in [-0.39, 0.29) is 18.6 Å². The second kappa shape index (κ2) is 8.93. The van der Waals surface area contributed by atoms with E-state index in [2.05, 4.69) is 10.2 Å². The lowest BCUT2D eigenvalue weighted by Gasteiger charge is -2.36. The first-order chi connectivity index (χ1) is 14.5. The summed E-state index contributed by atoms with van der Waals surface area (Å²) in [4.78, 5) is 29.3. The van der Waals surface area contributed by atoms with Crippen molar-refractivity contribution in [3.05, 3.63) is 58.6 Å². The quantitative estimate of drug-likeness (QED) is 0.790. The molecule has 1 N–H and O–H groups in total. The maximum absolute atomic E-state index is 12.8. The van der Waals surface area contributed by atoms with Crippen LogP contribution in [-0.4, -0.2) is 60.6 Å². The predicted molar refractivity (Wildman–Crippen MR) is 113 cm³/mol. The highest BCUT2D eigenvalue weighted by Crippen LogP contribution is 2.32. The molecule has 1 fully saturated rings. The van der Waals surface area contributed by atoms with Crippen molar-refractivity contribution >= 4 is 23.4 Å². The van der Waals surface area contributed by atoms with Gasteiger partial charge in [-0.3, -0.25) is 14.5 Å². The summed E-state index contributed by atoms with van der Waals surface area (Å²) in [5.74, 6) is 1.13. The number of halogens is 1. The third-order valence-electron chi connectivity index (χ3n) is 5.36. The molecule has 0 aromatic heterocycles. The summed E-state index contributed by atoms with van der Waals surface area (Å²) < 4.78 is 10.8. The molecule has 2 aromatic carbocycles. The molecule has 2 aromatic rings. The first-order valence-corrected chi connectivity index (χ1v) is 10.3. The summed E-state index contributed by atoms with van der Waals surface area (Å²) in [5.41, 5.74) is 1.52. The van der Waals surface area contributed by atoms with E-state index in [1.165, 1.54) is 0 Å². The maximum atomic E-state index is 12.8. The zero-order chi connectivity index (χ0) is 21.1. The van der Waals surface area contributed by atoms with Crippen LogP contribution in [0.15, 0.2) is 42.5 Å². The van der Waals surface area contributed by atoms with Crippen molar-refractivity contribution in [1.29, 1.82) is 0 Å². The molecule has 2 heterocycles. The van der Waals surface area contributed by atoms with Gasteiger partial charge in [-0.25, -0.2) is 0 Å². The topological polar surface area (TPSA) is 71.1 Å². The highest BCUT2D eigenvalue weighted by atomic mass is 35.5. The summed E-state index contributed by atoms with van der Waals surface area (Å²) in [7, 11) is 0. The molecule has 158 valence electrons. The van der Waals surface area contributed by atoms with Crippen LogP contribution in [0.5, 0.6) is 11.5 Å². The van der Waals surface area contributed by atoms with Crippen molar-refractivity contribution in [1.82, 2.24) is 15.1 Å². The smallest absolute Gasteiger partial charge is 0.253 e. The number of nitrogens with zero attached hydrogens (tertiary/aromatic N) is 2. The molecule has 1 atom stereocenters. The number of carbonyl (C=O) groups excluding carboxylic acids is 2. The zero-order valence-electron chi connectivity index (χ0n) is 16.8. The molecule has 1 saturated heterocycles. The van der Waals surface area contributed by atoms with Gasteiger partial charge < -0.3 is 19.7 Å². The number of amides is 2. The number of nitrogens with one attached hydrogen (secondary N) is 1. The highest BCUT2D eigenvalue weighted by Gasteiger charge is 2.26. The molecule has 0 spiro atoms. The molecular weight excluding hydrogens is 406 g/mol. The number of hydrogen-bond acceptors (Lipinski definition) is 5. The third-order valence-corrected chi connectivity index (χ3v) is 5.69. The number of fused-ring (bicyclic) bond motifs is 1. The second-order valence-electron chi connectivity index (χ2n) is 7.46. The Morgan fingerprint density at radius 2 is 1.80 bits per heavy atom. The van der Waals surface area contributed by atoms with Crippen molar-refractivity contribution in [3.8, 4) is 11.5 Å². The van der Waals surface area contributed by atoms with Gasteiger partial charge in [-0.15, -0.1) is 0 Å². The van der Waals surface area contributed by atoms with Gasteiger partial charge in [-0.05, 0) is 36.8 Å². The monoisotopic (exact) mass is 429 g/mol. The number of ether oxygens (including phenoxy) is 2. The maximum Gasteiger partial charge on any atom is 0.253 e. The van der Waals surface area contributed by atoms with E-state index >= 15 is 0 Å². The fourth-order valence-corrected chi connectivity index (χ4v) is 3.90. The fraction of sp³-hybridized carbons (Fsp3) is 0.364. The van der Waals surface area contributed by atoms with Gasteiger partial charge >= 0.3 is 0 Å². The molecule has 2 aliphatic heterocycles. The Morgan fingerprint density at radius 3 is 2.57 bits per heavy atom. The van der Waals surface area contributed by atoms with Crippen molar-refractivity contribution in [3.63, 3.8) is 0 Å². The minimum Gasteiger partial charge on any atom is -0.454 e. The van der Waals surface area contributed by atoms with Gasteiger partial charge in [0, 0.05) is 32.7 Å². The highest BCUT2D eigenvalue weighted by molar-refractivity contribution is 6.33. The number of benzene rings is 2. The molecule has 0 bridgehead atoms. The number of piperazine rings is 1. The average Bonchev–Trinajstić information content (AvgIpc) is 3.22. The van der Waals surface area contributed by atoms with Gasteiger partial charge in [0.05, 0.1) is 10.6 Å². The van der Waals surface area contributed by atoms with Crippen LogP contribution in [0.1, 0.15) is 22.8 Å². The fourth-order valence-electron chi connectivity index (χ4n) is 3.68. The summed E-state index contributed by atoms with van der Waals surface area (Å²) in [6, 6.07) is 12.2. The van der Waals surface area contributed by atoms with Crippen LogP contribution in [0.2, 0.25) is 5.02 Å². The molecule has 30 heavy (non-hydrogen) atoms. The lowest BCUT2D eigenvalue weighted by molar-refractivity contribution is -0.134. The normalized spacial score (nSPS) is 16.9. The Morgan fingerprint density at radius 1 is 1.07 bits per heavy atom. The van der Waals surface area contributed by atoms with Gasteiger partial charge in [0.2, 0.25) is 12.7 Å². The van der Waals surface area contributed by atoms with Crippen molar-refractivity contribution in [2.75, 3.05) is 33.0 Å². The van der Waals surface area contributed by atoms with Crippen molar-refractivity contribution in [2.45, 2.75) is 19.5 Å². The number of hydrogen-bond donors (Lipinski definition) is 1. The van der Waals surface area contributed by atoms with Crippen LogP contribution in [0.3, 0.4) is 0 Å². The largest absolute Gasteiger partial charge is 0.454 e. The first kappa shape index (κ1) is 20.5. The molecule has 4 rings (SSSR count). The summed E-state index contributed by atoms with van der Waals surface area (Å²) in [5, 5.41) is 3.12. The molecule has 8 heteroatoms. The van der Waals surface area contributed by atoms with Crippen molar-refractivity contribution < 1.29 is 19.1 Å². The van der Waals surface area contributed by atoms with E-state index in [0.29, 0.717) is 23.7 Å². The number of carbonyl (C=O) groups is 2. The van der Waals surface area contributed by atoms with Crippen LogP contribution in [0.4, 0.5) is 0 Å². The van der Waals surface area contributed by atoms with Crippen LogP contribution in [-0.2, 0) is 11.3 Å². The Balaban J connectivity index is 1.27. The van der Waals surface area contributed by atoms with E-state index in [9.17, 15) is 9.59 Å². The van der Waals surface area contributed by atoms with E-state index in [1.807, 2.05) is 18.2 Å². The Hall–Kier alpha value is -2.77. The minimum atomic E-state index is -0.616. The lowest BCUT2D eigenvalue weighted by Crippen LogP contribution is -2.53. The molecule has 2 amide bonds. The second-order valence-corrected chi connectivity index (χ2v) is 7.87. The van der Waals surface area contributed by atoms with E-state index in [4.69, 9.17) is 21.1 Å². The van der Waals surface area contributed by atoms with Gasteiger partial charge in [0.1, 0.15) is 6.04 Å². The predicted octanol–water partition coefficient (Wildman–Crippen LogP) is 2.53. The molecule has 2 aliphatic rings. The van der Waals surface area contributed by atoms with Crippen LogP contribution in [0.25, 0.3) is 0 Å². The van der Waals surface area contributed by atoms with Crippen LogP contribution in [0, 0.1) is 0 Å². The Kier molecular flexibility index (Phi) is 6.11. The first-order valence-electron chi connectivity index (χ1n) is 9.96. The van der Waals surface area contributed by atoms with E-state index < -0.39 is 6.04 Å². The molecular formula is C22H24ClN3O4. The molecule has 7 nitrogen and oxygen atoms in total. The Labute approximate surface area is 180 Å². The summed E-state index contributed by atoms with van der Waals surface area (Å²) in [6.45, 7) is 5.54. The third kappa shape index (κ3) is 4.52. The number of rotatable bonds is 5. The van der Waals surface area contributed by atoms with Gasteiger partial charge in [0.15, 0.2) is 11.5 Å².